The van der Waals surface area contributed by atoms with Crippen LogP contribution in [0, 0.1) is 5.92 Å². The van der Waals surface area contributed by atoms with Crippen LogP contribution in [0.4, 0.5) is 0 Å². The molecule has 0 radical (unpaired) electrons. The molecule has 0 unspecified atom stereocenters. The minimum atomic E-state index is -0.396. The molecule has 23 heavy (non-hydrogen) atoms. The number of carbonyl (C=O) groups is 1. The lowest BCUT2D eigenvalue weighted by Crippen LogP contribution is -2.33. The van der Waals surface area contributed by atoms with E-state index < -0.39 is 5.91 Å². The van der Waals surface area contributed by atoms with E-state index in [1.54, 1.807) is 6.07 Å². The van der Waals surface area contributed by atoms with Crippen molar-refractivity contribution in [2.75, 3.05) is 6.54 Å². The smallest absolute Gasteiger partial charge is 0.271 e. The third-order valence-electron chi connectivity index (χ3n) is 3.19. The van der Waals surface area contributed by atoms with Crippen molar-refractivity contribution in [1.29, 1.82) is 0 Å². The Bertz CT molecular complexity index is 926. The first-order chi connectivity index (χ1) is 11.0. The van der Waals surface area contributed by atoms with E-state index in [4.69, 9.17) is 11.6 Å². The first-order valence-corrected chi connectivity index (χ1v) is 9.08. The monoisotopic (exact) mass is 367 g/mol. The average molecular weight is 368 g/mol. The van der Waals surface area contributed by atoms with Crippen LogP contribution < -0.4 is 10.9 Å². The zero-order valence-electron chi connectivity index (χ0n) is 12.5. The summed E-state index contributed by atoms with van der Waals surface area (Å²) in [6.45, 7) is 4.50. The Labute approximate surface area is 145 Å². The maximum absolute atomic E-state index is 12.7. The molecule has 3 rings (SSSR count). The highest BCUT2D eigenvalue weighted by atomic mass is 35.5. The topological polar surface area (TPSA) is 63.5 Å². The molecule has 3 aromatic heterocycles. The molecule has 0 aliphatic rings. The van der Waals surface area contributed by atoms with E-state index in [-0.39, 0.29) is 11.1 Å². The fourth-order valence-electron chi connectivity index (χ4n) is 2.06. The van der Waals surface area contributed by atoms with Crippen molar-refractivity contribution in [3.63, 3.8) is 0 Å². The number of amides is 1. The lowest BCUT2D eigenvalue weighted by atomic mass is 10.2. The van der Waals surface area contributed by atoms with Crippen LogP contribution in [0.2, 0.25) is 4.34 Å². The SMILES string of the molecule is CC(C)CNC(=O)c1cnc2scc(-c3ccc(Cl)s3)n2c1=O. The Kier molecular flexibility index (Phi) is 4.52. The van der Waals surface area contributed by atoms with Gasteiger partial charge in [-0.15, -0.1) is 22.7 Å². The number of halogens is 1. The van der Waals surface area contributed by atoms with Crippen LogP contribution >= 0.6 is 34.3 Å². The van der Waals surface area contributed by atoms with Gasteiger partial charge in [-0.1, -0.05) is 25.4 Å². The maximum Gasteiger partial charge on any atom is 0.271 e. The molecule has 0 aliphatic heterocycles. The van der Waals surface area contributed by atoms with Crippen LogP contribution in [0.25, 0.3) is 15.5 Å². The summed E-state index contributed by atoms with van der Waals surface area (Å²) in [5.41, 5.74) is 0.389. The quantitative estimate of drug-likeness (QED) is 0.767. The Morgan fingerprint density at radius 2 is 2.22 bits per heavy atom. The van der Waals surface area contributed by atoms with E-state index in [2.05, 4.69) is 10.3 Å². The van der Waals surface area contributed by atoms with Crippen molar-refractivity contribution < 1.29 is 4.79 Å². The number of aromatic nitrogens is 2. The minimum absolute atomic E-state index is 0.0467. The number of fused-ring (bicyclic) bond motifs is 1. The average Bonchev–Trinajstić information content (AvgIpc) is 3.11. The summed E-state index contributed by atoms with van der Waals surface area (Å²) in [5.74, 6) is -0.0877. The number of nitrogens with zero attached hydrogens (tertiary/aromatic N) is 2. The fourth-order valence-corrected chi connectivity index (χ4v) is 4.04. The van der Waals surface area contributed by atoms with Crippen molar-refractivity contribution in [1.82, 2.24) is 14.7 Å². The van der Waals surface area contributed by atoms with E-state index >= 15 is 0 Å². The summed E-state index contributed by atoms with van der Waals surface area (Å²) in [7, 11) is 0. The number of carbonyl (C=O) groups excluding carboxylic acids is 1. The number of rotatable bonds is 4. The van der Waals surface area contributed by atoms with Gasteiger partial charge >= 0.3 is 0 Å². The Hall–Kier alpha value is -1.70. The van der Waals surface area contributed by atoms with Crippen molar-refractivity contribution in [3.05, 3.63) is 44.0 Å². The van der Waals surface area contributed by atoms with Gasteiger partial charge in [-0.3, -0.25) is 9.59 Å². The highest BCUT2D eigenvalue weighted by molar-refractivity contribution is 7.20. The first kappa shape index (κ1) is 16.2. The van der Waals surface area contributed by atoms with Crippen molar-refractivity contribution in [3.8, 4) is 10.6 Å². The highest BCUT2D eigenvalue weighted by Gasteiger charge is 2.17. The standard InChI is InChI=1S/C15H14ClN3O2S2/c1-8(2)5-17-13(20)9-6-18-15-19(14(9)21)10(7-22-15)11-3-4-12(16)23-11/h3-4,6-8H,5H2,1-2H3,(H,17,20). The largest absolute Gasteiger partial charge is 0.352 e. The number of hydrogen-bond donors (Lipinski definition) is 1. The molecule has 1 N–H and O–H groups in total. The predicted octanol–water partition coefficient (Wildman–Crippen LogP) is 3.52. The molecular formula is C15H14ClN3O2S2. The molecule has 0 fully saturated rings. The summed E-state index contributed by atoms with van der Waals surface area (Å²) in [5, 5.41) is 4.60. The van der Waals surface area contributed by atoms with Crippen molar-refractivity contribution in [2.24, 2.45) is 5.92 Å². The molecule has 120 valence electrons. The number of thiophene rings is 1. The van der Waals surface area contributed by atoms with Crippen LogP contribution in [0.1, 0.15) is 24.2 Å². The Morgan fingerprint density at radius 3 is 2.87 bits per heavy atom. The molecule has 0 atom stereocenters. The molecule has 0 bridgehead atoms. The van der Waals surface area contributed by atoms with Gasteiger partial charge in [-0.25, -0.2) is 9.38 Å². The second kappa shape index (κ2) is 6.43. The van der Waals surface area contributed by atoms with E-state index in [1.165, 1.54) is 33.3 Å². The van der Waals surface area contributed by atoms with Crippen LogP contribution in [-0.4, -0.2) is 21.8 Å². The van der Waals surface area contributed by atoms with Gasteiger partial charge in [-0.2, -0.15) is 0 Å². The lowest BCUT2D eigenvalue weighted by Gasteiger charge is -2.07. The zero-order chi connectivity index (χ0) is 16.6. The second-order valence-corrected chi connectivity index (χ2v) is 7.98. The summed E-state index contributed by atoms with van der Waals surface area (Å²) in [4.78, 5) is 30.6. The van der Waals surface area contributed by atoms with E-state index in [0.717, 1.165) is 4.88 Å². The van der Waals surface area contributed by atoms with Gasteiger partial charge < -0.3 is 5.32 Å². The van der Waals surface area contributed by atoms with Crippen LogP contribution in [0.3, 0.4) is 0 Å². The normalized spacial score (nSPS) is 11.3. The van der Waals surface area contributed by atoms with Gasteiger partial charge in [-0.05, 0) is 18.1 Å². The number of nitrogens with one attached hydrogen (secondary N) is 1. The van der Waals surface area contributed by atoms with Crippen LogP contribution in [0.5, 0.6) is 0 Å². The Balaban J connectivity index is 2.08. The van der Waals surface area contributed by atoms with E-state index in [9.17, 15) is 9.59 Å². The maximum atomic E-state index is 12.7. The molecule has 1 amide bonds. The molecule has 8 heteroatoms. The van der Waals surface area contributed by atoms with Crippen LogP contribution in [-0.2, 0) is 0 Å². The molecule has 5 nitrogen and oxygen atoms in total. The van der Waals surface area contributed by atoms with Gasteiger partial charge in [0.25, 0.3) is 11.5 Å². The van der Waals surface area contributed by atoms with Crippen LogP contribution in [0.15, 0.2) is 28.5 Å². The molecular weight excluding hydrogens is 354 g/mol. The van der Waals surface area contributed by atoms with Gasteiger partial charge in [0.05, 0.1) is 14.9 Å². The van der Waals surface area contributed by atoms with Gasteiger partial charge in [0.15, 0.2) is 4.96 Å². The Morgan fingerprint density at radius 1 is 1.43 bits per heavy atom. The van der Waals surface area contributed by atoms with E-state index in [1.807, 2.05) is 25.3 Å². The van der Waals surface area contributed by atoms with Gasteiger partial charge in [0.2, 0.25) is 0 Å². The van der Waals surface area contributed by atoms with Gasteiger partial charge in [0.1, 0.15) is 5.56 Å². The zero-order valence-corrected chi connectivity index (χ0v) is 14.9. The molecule has 0 saturated heterocycles. The summed E-state index contributed by atoms with van der Waals surface area (Å²) >= 11 is 8.71. The molecule has 0 saturated carbocycles. The third kappa shape index (κ3) is 3.17. The molecule has 0 aliphatic carbocycles. The summed E-state index contributed by atoms with van der Waals surface area (Å²) < 4.78 is 2.11. The fraction of sp³-hybridized carbons (Fsp3) is 0.267. The highest BCUT2D eigenvalue weighted by Crippen LogP contribution is 2.32. The molecule has 3 aromatic rings. The minimum Gasteiger partial charge on any atom is -0.352 e. The first-order valence-electron chi connectivity index (χ1n) is 7.00. The predicted molar refractivity (Wildman–Crippen MR) is 94.8 cm³/mol. The molecule has 3 heterocycles. The number of hydrogen-bond acceptors (Lipinski definition) is 5. The third-order valence-corrected chi connectivity index (χ3v) is 5.28. The van der Waals surface area contributed by atoms with Crippen molar-refractivity contribution in [2.45, 2.75) is 13.8 Å². The van der Waals surface area contributed by atoms with E-state index in [0.29, 0.717) is 27.5 Å². The van der Waals surface area contributed by atoms with Gasteiger partial charge in [0, 0.05) is 18.1 Å². The summed E-state index contributed by atoms with van der Waals surface area (Å²) in [6, 6.07) is 3.63. The second-order valence-electron chi connectivity index (χ2n) is 5.42. The summed E-state index contributed by atoms with van der Waals surface area (Å²) in [6.07, 6.45) is 1.34. The molecule has 0 aromatic carbocycles. The molecule has 0 spiro atoms. The van der Waals surface area contributed by atoms with Crippen molar-refractivity contribution >= 4 is 45.1 Å². The number of thiazole rings is 1. The lowest BCUT2D eigenvalue weighted by molar-refractivity contribution is 0.0947.